The lowest BCUT2D eigenvalue weighted by atomic mass is 9.97. The molecular formula is C14H21N3O2S. The van der Waals surface area contributed by atoms with Crippen molar-refractivity contribution in [3.8, 4) is 0 Å². The van der Waals surface area contributed by atoms with Gasteiger partial charge in [-0.25, -0.2) is 0 Å². The summed E-state index contributed by atoms with van der Waals surface area (Å²) < 4.78 is 0. The number of carbonyl (C=O) groups is 1. The quantitative estimate of drug-likeness (QED) is 0.785. The average molecular weight is 295 g/mol. The Balaban J connectivity index is 1.89. The third kappa shape index (κ3) is 2.38. The maximum absolute atomic E-state index is 11.5. The first-order chi connectivity index (χ1) is 9.61. The first kappa shape index (κ1) is 13.7. The molecule has 1 aliphatic heterocycles. The second-order valence-electron chi connectivity index (χ2n) is 5.82. The summed E-state index contributed by atoms with van der Waals surface area (Å²) in [4.78, 5) is 14.3. The molecule has 20 heavy (non-hydrogen) atoms. The van der Waals surface area contributed by atoms with Crippen molar-refractivity contribution in [3.05, 3.63) is 10.4 Å². The summed E-state index contributed by atoms with van der Waals surface area (Å²) in [5.41, 5.74) is 13.3. The van der Waals surface area contributed by atoms with Crippen molar-refractivity contribution in [3.63, 3.8) is 0 Å². The minimum atomic E-state index is -0.425. The van der Waals surface area contributed by atoms with Gasteiger partial charge in [-0.3, -0.25) is 4.79 Å². The number of anilines is 2. The van der Waals surface area contributed by atoms with Gasteiger partial charge in [-0.15, -0.1) is 11.3 Å². The number of nitrogens with two attached hydrogens (primary N) is 2. The molecule has 0 bridgehead atoms. The van der Waals surface area contributed by atoms with Gasteiger partial charge < -0.3 is 21.5 Å². The van der Waals surface area contributed by atoms with Crippen molar-refractivity contribution >= 4 is 27.9 Å². The molecule has 1 aliphatic carbocycles. The molecule has 3 rings (SSSR count). The van der Waals surface area contributed by atoms with E-state index < -0.39 is 5.91 Å². The van der Waals surface area contributed by atoms with Crippen molar-refractivity contribution in [2.24, 2.45) is 11.7 Å². The predicted molar refractivity (Wildman–Crippen MR) is 81.2 cm³/mol. The zero-order valence-corrected chi connectivity index (χ0v) is 12.3. The number of nitrogens with zero attached hydrogens (tertiary/aromatic N) is 1. The standard InChI is InChI=1S/C14H21N3O2S/c15-11-10(9-1-2-9)14(20-12(11)13(16)19)17-5-3-8(7-18)4-6-17/h8-9,18H,1-7,15H2,(H2,16,19). The minimum absolute atomic E-state index is 0.266. The Kier molecular flexibility index (Phi) is 3.60. The number of carbonyl (C=O) groups excluding carboxylic acids is 1. The van der Waals surface area contributed by atoms with Crippen LogP contribution < -0.4 is 16.4 Å². The van der Waals surface area contributed by atoms with Crippen LogP contribution in [0.2, 0.25) is 0 Å². The van der Waals surface area contributed by atoms with E-state index in [1.165, 1.54) is 11.3 Å². The highest BCUT2D eigenvalue weighted by molar-refractivity contribution is 7.18. The number of hydrogen-bond acceptors (Lipinski definition) is 5. The maximum Gasteiger partial charge on any atom is 0.260 e. The number of rotatable bonds is 4. The van der Waals surface area contributed by atoms with Crippen LogP contribution in [0.1, 0.15) is 46.8 Å². The molecule has 2 heterocycles. The van der Waals surface area contributed by atoms with Crippen molar-refractivity contribution in [1.82, 2.24) is 0 Å². The van der Waals surface area contributed by atoms with Crippen LogP contribution in [0.3, 0.4) is 0 Å². The summed E-state index contributed by atoms with van der Waals surface area (Å²) >= 11 is 1.44. The smallest absolute Gasteiger partial charge is 0.260 e. The highest BCUT2D eigenvalue weighted by Crippen LogP contribution is 2.52. The van der Waals surface area contributed by atoms with Crippen molar-refractivity contribution in [1.29, 1.82) is 0 Å². The molecule has 2 aliphatic rings. The molecule has 1 saturated heterocycles. The molecule has 0 atom stereocenters. The Morgan fingerprint density at radius 3 is 2.45 bits per heavy atom. The van der Waals surface area contributed by atoms with Gasteiger partial charge in [0.05, 0.1) is 10.7 Å². The number of piperidine rings is 1. The van der Waals surface area contributed by atoms with Gasteiger partial charge in [-0.1, -0.05) is 0 Å². The normalized spacial score (nSPS) is 20.4. The molecule has 0 spiro atoms. The van der Waals surface area contributed by atoms with E-state index in [2.05, 4.69) is 4.90 Å². The SMILES string of the molecule is NC(=O)c1sc(N2CCC(CO)CC2)c(C2CC2)c1N. The Morgan fingerprint density at radius 1 is 1.30 bits per heavy atom. The number of aliphatic hydroxyl groups is 1. The summed E-state index contributed by atoms with van der Waals surface area (Å²) in [6.07, 6.45) is 4.28. The van der Waals surface area contributed by atoms with E-state index >= 15 is 0 Å². The summed E-state index contributed by atoms with van der Waals surface area (Å²) in [5, 5.41) is 10.4. The first-order valence-corrected chi connectivity index (χ1v) is 8.01. The summed E-state index contributed by atoms with van der Waals surface area (Å²) in [6, 6.07) is 0. The van der Waals surface area contributed by atoms with Gasteiger partial charge in [0, 0.05) is 25.3 Å². The van der Waals surface area contributed by atoms with E-state index in [1.54, 1.807) is 0 Å². The highest BCUT2D eigenvalue weighted by atomic mass is 32.1. The number of amides is 1. The molecular weight excluding hydrogens is 274 g/mol. The van der Waals surface area contributed by atoms with Crippen molar-refractivity contribution < 1.29 is 9.90 Å². The second kappa shape index (κ2) is 5.26. The van der Waals surface area contributed by atoms with Crippen LogP contribution in [-0.4, -0.2) is 30.7 Å². The van der Waals surface area contributed by atoms with E-state index in [1.807, 2.05) is 0 Å². The number of nitrogen functional groups attached to an aromatic ring is 1. The second-order valence-corrected chi connectivity index (χ2v) is 6.81. The Bertz CT molecular complexity index is 517. The first-order valence-electron chi connectivity index (χ1n) is 7.19. The molecule has 0 unspecified atom stereocenters. The molecule has 1 aromatic rings. The van der Waals surface area contributed by atoms with Gasteiger partial charge in [0.1, 0.15) is 4.88 Å². The molecule has 0 radical (unpaired) electrons. The van der Waals surface area contributed by atoms with E-state index in [0.29, 0.717) is 22.4 Å². The summed E-state index contributed by atoms with van der Waals surface area (Å²) in [7, 11) is 0. The zero-order valence-electron chi connectivity index (χ0n) is 11.5. The molecule has 1 aromatic heterocycles. The van der Waals surface area contributed by atoms with Gasteiger partial charge in [0.15, 0.2) is 0 Å². The van der Waals surface area contributed by atoms with E-state index in [0.717, 1.165) is 49.3 Å². The molecule has 110 valence electrons. The third-order valence-electron chi connectivity index (χ3n) is 4.33. The predicted octanol–water partition coefficient (Wildman–Crippen LogP) is 1.52. The average Bonchev–Trinajstić information content (AvgIpc) is 3.22. The van der Waals surface area contributed by atoms with Crippen LogP contribution in [0, 0.1) is 5.92 Å². The zero-order chi connectivity index (χ0) is 14.3. The van der Waals surface area contributed by atoms with Crippen LogP contribution >= 0.6 is 11.3 Å². The fourth-order valence-corrected chi connectivity index (χ4v) is 4.16. The number of primary amides is 1. The van der Waals surface area contributed by atoms with Crippen LogP contribution in [0.4, 0.5) is 10.7 Å². The molecule has 2 fully saturated rings. The molecule has 5 nitrogen and oxygen atoms in total. The topological polar surface area (TPSA) is 92.6 Å². The van der Waals surface area contributed by atoms with E-state index in [4.69, 9.17) is 11.5 Å². The number of thiophene rings is 1. The Morgan fingerprint density at radius 2 is 1.95 bits per heavy atom. The lowest BCUT2D eigenvalue weighted by molar-refractivity contribution is 0.100. The van der Waals surface area contributed by atoms with Crippen LogP contribution in [0.25, 0.3) is 0 Å². The van der Waals surface area contributed by atoms with Gasteiger partial charge >= 0.3 is 0 Å². The highest BCUT2D eigenvalue weighted by Gasteiger charge is 2.35. The number of hydrogen-bond donors (Lipinski definition) is 3. The fraction of sp³-hybridized carbons (Fsp3) is 0.643. The lowest BCUT2D eigenvalue weighted by Crippen LogP contribution is -2.34. The molecule has 0 aromatic carbocycles. The number of aliphatic hydroxyl groups excluding tert-OH is 1. The fourth-order valence-electron chi connectivity index (χ4n) is 2.95. The third-order valence-corrected chi connectivity index (χ3v) is 5.63. The maximum atomic E-state index is 11.5. The van der Waals surface area contributed by atoms with E-state index in [-0.39, 0.29) is 6.61 Å². The molecule has 6 heteroatoms. The van der Waals surface area contributed by atoms with Crippen LogP contribution in [-0.2, 0) is 0 Å². The summed E-state index contributed by atoms with van der Waals surface area (Å²) in [5.74, 6) is 0.486. The molecule has 1 amide bonds. The molecule has 5 N–H and O–H groups in total. The van der Waals surface area contributed by atoms with Crippen LogP contribution in [0.5, 0.6) is 0 Å². The van der Waals surface area contributed by atoms with Gasteiger partial charge in [-0.05, 0) is 37.5 Å². The van der Waals surface area contributed by atoms with Crippen molar-refractivity contribution in [2.75, 3.05) is 30.3 Å². The van der Waals surface area contributed by atoms with Gasteiger partial charge in [0.25, 0.3) is 5.91 Å². The van der Waals surface area contributed by atoms with Gasteiger partial charge in [-0.2, -0.15) is 0 Å². The lowest BCUT2D eigenvalue weighted by Gasteiger charge is -2.32. The van der Waals surface area contributed by atoms with Crippen molar-refractivity contribution in [2.45, 2.75) is 31.6 Å². The Labute approximate surface area is 122 Å². The minimum Gasteiger partial charge on any atom is -0.397 e. The van der Waals surface area contributed by atoms with Crippen LogP contribution in [0.15, 0.2) is 0 Å². The molecule has 1 saturated carbocycles. The largest absolute Gasteiger partial charge is 0.397 e. The Hall–Kier alpha value is -1.27. The summed E-state index contributed by atoms with van der Waals surface area (Å²) in [6.45, 7) is 2.11. The van der Waals surface area contributed by atoms with E-state index in [9.17, 15) is 9.90 Å². The van der Waals surface area contributed by atoms with Gasteiger partial charge in [0.2, 0.25) is 0 Å². The monoisotopic (exact) mass is 295 g/mol.